The number of benzene rings is 1. The lowest BCUT2D eigenvalue weighted by atomic mass is 10.1. The van der Waals surface area contributed by atoms with Crippen molar-refractivity contribution in [3.8, 4) is 11.3 Å². The van der Waals surface area contributed by atoms with Crippen LogP contribution in [0.1, 0.15) is 30.9 Å². The second-order valence-corrected chi connectivity index (χ2v) is 5.17. The number of H-pyrrole nitrogens is 1. The SMILES string of the molecule is CCC(O)CCNCc1cn[nH]c1-c1cccc(C)c1. The third kappa shape index (κ3) is 3.92. The van der Waals surface area contributed by atoms with Gasteiger partial charge in [-0.15, -0.1) is 0 Å². The Hall–Kier alpha value is -1.65. The highest BCUT2D eigenvalue weighted by molar-refractivity contribution is 5.63. The molecule has 20 heavy (non-hydrogen) atoms. The van der Waals surface area contributed by atoms with E-state index < -0.39 is 0 Å². The minimum absolute atomic E-state index is 0.205. The topological polar surface area (TPSA) is 60.9 Å². The highest BCUT2D eigenvalue weighted by Crippen LogP contribution is 2.21. The minimum atomic E-state index is -0.205. The molecule has 1 aromatic heterocycles. The van der Waals surface area contributed by atoms with E-state index in [1.807, 2.05) is 13.1 Å². The molecule has 3 N–H and O–H groups in total. The lowest BCUT2D eigenvalue weighted by molar-refractivity contribution is 0.159. The molecule has 0 aliphatic carbocycles. The van der Waals surface area contributed by atoms with Crippen LogP contribution in [-0.4, -0.2) is 28.0 Å². The molecule has 0 saturated heterocycles. The molecule has 4 heteroatoms. The summed E-state index contributed by atoms with van der Waals surface area (Å²) in [7, 11) is 0. The van der Waals surface area contributed by atoms with E-state index >= 15 is 0 Å². The largest absolute Gasteiger partial charge is 0.393 e. The molecule has 4 nitrogen and oxygen atoms in total. The summed E-state index contributed by atoms with van der Waals surface area (Å²) in [6.45, 7) is 5.66. The van der Waals surface area contributed by atoms with Gasteiger partial charge in [-0.1, -0.05) is 30.7 Å². The van der Waals surface area contributed by atoms with Crippen LogP contribution in [-0.2, 0) is 6.54 Å². The third-order valence-corrected chi connectivity index (χ3v) is 3.47. The van der Waals surface area contributed by atoms with Gasteiger partial charge in [0.2, 0.25) is 0 Å². The lowest BCUT2D eigenvalue weighted by Gasteiger charge is -2.09. The van der Waals surface area contributed by atoms with Gasteiger partial charge in [0.05, 0.1) is 18.0 Å². The van der Waals surface area contributed by atoms with Crippen molar-refractivity contribution in [1.82, 2.24) is 15.5 Å². The zero-order valence-electron chi connectivity index (χ0n) is 12.2. The van der Waals surface area contributed by atoms with Crippen LogP contribution >= 0.6 is 0 Å². The number of aryl methyl sites for hydroxylation is 1. The highest BCUT2D eigenvalue weighted by atomic mass is 16.3. The Labute approximate surface area is 120 Å². The number of nitrogens with one attached hydrogen (secondary N) is 2. The van der Waals surface area contributed by atoms with Gasteiger partial charge in [-0.25, -0.2) is 0 Å². The molecular formula is C16H23N3O. The molecule has 2 aromatic rings. The first kappa shape index (κ1) is 14.8. The Morgan fingerprint density at radius 2 is 2.25 bits per heavy atom. The van der Waals surface area contributed by atoms with Crippen LogP contribution in [0.3, 0.4) is 0 Å². The van der Waals surface area contributed by atoms with Crippen LogP contribution < -0.4 is 5.32 Å². The van der Waals surface area contributed by atoms with Gasteiger partial charge in [0.1, 0.15) is 0 Å². The van der Waals surface area contributed by atoms with Gasteiger partial charge in [0.25, 0.3) is 0 Å². The van der Waals surface area contributed by atoms with E-state index in [1.54, 1.807) is 0 Å². The smallest absolute Gasteiger partial charge is 0.0695 e. The Balaban J connectivity index is 1.95. The van der Waals surface area contributed by atoms with E-state index in [4.69, 9.17) is 0 Å². The van der Waals surface area contributed by atoms with Gasteiger partial charge < -0.3 is 10.4 Å². The Morgan fingerprint density at radius 1 is 1.40 bits per heavy atom. The fourth-order valence-corrected chi connectivity index (χ4v) is 2.19. The summed E-state index contributed by atoms with van der Waals surface area (Å²) in [5.74, 6) is 0. The van der Waals surface area contributed by atoms with Crippen molar-refractivity contribution < 1.29 is 5.11 Å². The molecule has 0 radical (unpaired) electrons. The van der Waals surface area contributed by atoms with Gasteiger partial charge >= 0.3 is 0 Å². The van der Waals surface area contributed by atoms with Crippen molar-refractivity contribution >= 4 is 0 Å². The van der Waals surface area contributed by atoms with Gasteiger partial charge in [0, 0.05) is 17.7 Å². The van der Waals surface area contributed by atoms with Crippen LogP contribution in [0.2, 0.25) is 0 Å². The summed E-state index contributed by atoms with van der Waals surface area (Å²) in [6, 6.07) is 8.38. The maximum Gasteiger partial charge on any atom is 0.0695 e. The molecule has 1 atom stereocenters. The zero-order chi connectivity index (χ0) is 14.4. The Kier molecular flexibility index (Phi) is 5.32. The van der Waals surface area contributed by atoms with Crippen LogP contribution in [0.25, 0.3) is 11.3 Å². The molecule has 1 heterocycles. The first-order valence-corrected chi connectivity index (χ1v) is 7.18. The Bertz CT molecular complexity index is 536. The normalized spacial score (nSPS) is 12.6. The van der Waals surface area contributed by atoms with Crippen molar-refractivity contribution in [2.24, 2.45) is 0 Å². The predicted molar refractivity (Wildman–Crippen MR) is 81.4 cm³/mol. The third-order valence-electron chi connectivity index (χ3n) is 3.47. The molecule has 0 amide bonds. The van der Waals surface area contributed by atoms with Crippen LogP contribution in [0, 0.1) is 6.92 Å². The van der Waals surface area contributed by atoms with Gasteiger partial charge in [0.15, 0.2) is 0 Å². The van der Waals surface area contributed by atoms with E-state index in [9.17, 15) is 5.11 Å². The summed E-state index contributed by atoms with van der Waals surface area (Å²) in [5.41, 5.74) is 4.62. The van der Waals surface area contributed by atoms with Crippen LogP contribution in [0.5, 0.6) is 0 Å². The molecule has 0 saturated carbocycles. The van der Waals surface area contributed by atoms with E-state index in [-0.39, 0.29) is 6.10 Å². The highest BCUT2D eigenvalue weighted by Gasteiger charge is 2.07. The summed E-state index contributed by atoms with van der Waals surface area (Å²) < 4.78 is 0. The molecule has 0 spiro atoms. The number of aromatic amines is 1. The molecule has 0 aliphatic rings. The molecule has 108 valence electrons. The summed E-state index contributed by atoms with van der Waals surface area (Å²) in [4.78, 5) is 0. The molecule has 0 aliphatic heterocycles. The average molecular weight is 273 g/mol. The molecule has 2 rings (SSSR count). The molecule has 0 fully saturated rings. The van der Waals surface area contributed by atoms with Crippen molar-refractivity contribution in [3.63, 3.8) is 0 Å². The predicted octanol–water partition coefficient (Wildman–Crippen LogP) is 2.64. The maximum absolute atomic E-state index is 9.52. The average Bonchev–Trinajstić information content (AvgIpc) is 2.91. The summed E-state index contributed by atoms with van der Waals surface area (Å²) in [6.07, 6.45) is 3.25. The monoisotopic (exact) mass is 273 g/mol. The first-order chi connectivity index (χ1) is 9.70. The fraction of sp³-hybridized carbons (Fsp3) is 0.438. The maximum atomic E-state index is 9.52. The van der Waals surface area contributed by atoms with Crippen LogP contribution in [0.15, 0.2) is 30.5 Å². The number of hydrogen-bond acceptors (Lipinski definition) is 3. The van der Waals surface area contributed by atoms with Crippen molar-refractivity contribution in [2.45, 2.75) is 39.3 Å². The number of hydrogen-bond donors (Lipinski definition) is 3. The number of aromatic nitrogens is 2. The number of rotatable bonds is 7. The van der Waals surface area contributed by atoms with Crippen molar-refractivity contribution in [2.75, 3.05) is 6.54 Å². The molecule has 1 unspecified atom stereocenters. The first-order valence-electron chi connectivity index (χ1n) is 7.18. The molecular weight excluding hydrogens is 250 g/mol. The molecule has 0 bridgehead atoms. The number of aliphatic hydroxyl groups excluding tert-OH is 1. The molecule has 1 aromatic carbocycles. The second kappa shape index (κ2) is 7.22. The van der Waals surface area contributed by atoms with Gasteiger partial charge in [-0.3, -0.25) is 5.10 Å². The Morgan fingerprint density at radius 3 is 3.00 bits per heavy atom. The standard InChI is InChI=1S/C16H23N3O/c1-3-15(20)7-8-17-10-14-11-18-19-16(14)13-6-4-5-12(2)9-13/h4-6,9,11,15,17,20H,3,7-8,10H2,1-2H3,(H,18,19). The van der Waals surface area contributed by atoms with Gasteiger partial charge in [-0.05, 0) is 32.4 Å². The zero-order valence-corrected chi connectivity index (χ0v) is 12.2. The minimum Gasteiger partial charge on any atom is -0.393 e. The van der Waals surface area contributed by atoms with Crippen molar-refractivity contribution in [3.05, 3.63) is 41.6 Å². The fourth-order valence-electron chi connectivity index (χ4n) is 2.19. The van der Waals surface area contributed by atoms with E-state index in [1.165, 1.54) is 5.56 Å². The van der Waals surface area contributed by atoms with E-state index in [0.29, 0.717) is 0 Å². The summed E-state index contributed by atoms with van der Waals surface area (Å²) in [5, 5.41) is 20.1. The van der Waals surface area contributed by atoms with Crippen molar-refractivity contribution in [1.29, 1.82) is 0 Å². The number of aliphatic hydroxyl groups is 1. The van der Waals surface area contributed by atoms with Crippen LogP contribution in [0.4, 0.5) is 0 Å². The number of nitrogens with zero attached hydrogens (tertiary/aromatic N) is 1. The van der Waals surface area contributed by atoms with E-state index in [0.717, 1.165) is 42.8 Å². The lowest BCUT2D eigenvalue weighted by Crippen LogP contribution is -2.19. The van der Waals surface area contributed by atoms with E-state index in [2.05, 4.69) is 46.7 Å². The summed E-state index contributed by atoms with van der Waals surface area (Å²) >= 11 is 0. The van der Waals surface area contributed by atoms with Gasteiger partial charge in [-0.2, -0.15) is 5.10 Å². The second-order valence-electron chi connectivity index (χ2n) is 5.17. The quantitative estimate of drug-likeness (QED) is 0.680.